The van der Waals surface area contributed by atoms with E-state index in [4.69, 9.17) is 14.2 Å². The number of hydrogen-bond donors (Lipinski definition) is 0. The normalized spacial score (nSPS) is 12.1. The molecule has 1 unspecified atom stereocenters. The number of ether oxygens (including phenoxy) is 3. The molecule has 382 valence electrons. The zero-order chi connectivity index (χ0) is 47.2. The molecule has 0 rings (SSSR count). The fourth-order valence-electron chi connectivity index (χ4n) is 8.61. The van der Waals surface area contributed by atoms with Gasteiger partial charge in [-0.25, -0.2) is 0 Å². The molecule has 0 aliphatic rings. The van der Waals surface area contributed by atoms with Crippen molar-refractivity contribution < 1.29 is 28.6 Å². The van der Waals surface area contributed by atoms with E-state index >= 15 is 0 Å². The third-order valence-electron chi connectivity index (χ3n) is 13.0. The van der Waals surface area contributed by atoms with Gasteiger partial charge >= 0.3 is 17.9 Å². The van der Waals surface area contributed by atoms with E-state index in [9.17, 15) is 14.4 Å². The number of rotatable bonds is 53. The molecule has 0 aliphatic heterocycles. The van der Waals surface area contributed by atoms with Crippen LogP contribution in [0.15, 0.2) is 24.3 Å². The van der Waals surface area contributed by atoms with E-state index in [-0.39, 0.29) is 31.1 Å². The molecule has 1 atom stereocenters. The topological polar surface area (TPSA) is 78.9 Å². The van der Waals surface area contributed by atoms with E-state index in [1.807, 2.05) is 0 Å². The van der Waals surface area contributed by atoms with Crippen LogP contribution in [0, 0.1) is 0 Å². The van der Waals surface area contributed by atoms with Crippen LogP contribution in [0.3, 0.4) is 0 Å². The van der Waals surface area contributed by atoms with Crippen molar-refractivity contribution in [3.05, 3.63) is 24.3 Å². The van der Waals surface area contributed by atoms with Gasteiger partial charge in [0.05, 0.1) is 0 Å². The second-order valence-corrected chi connectivity index (χ2v) is 19.6. The number of carbonyl (C=O) groups is 3. The van der Waals surface area contributed by atoms with Gasteiger partial charge in [-0.1, -0.05) is 276 Å². The minimum Gasteiger partial charge on any atom is -0.462 e. The Kier molecular flexibility index (Phi) is 52.7. The summed E-state index contributed by atoms with van der Waals surface area (Å²) in [6.45, 7) is 6.65. The molecule has 0 aromatic heterocycles. The van der Waals surface area contributed by atoms with Crippen molar-refractivity contribution in [1.29, 1.82) is 0 Å². The lowest BCUT2D eigenvalue weighted by molar-refractivity contribution is -0.167. The van der Waals surface area contributed by atoms with Crippen LogP contribution in [0.4, 0.5) is 0 Å². The van der Waals surface area contributed by atoms with Gasteiger partial charge in [-0.3, -0.25) is 14.4 Å². The van der Waals surface area contributed by atoms with Gasteiger partial charge < -0.3 is 14.2 Å². The van der Waals surface area contributed by atoms with Gasteiger partial charge in [0.15, 0.2) is 6.10 Å². The molecule has 0 aromatic carbocycles. The molecule has 0 radical (unpaired) electrons. The third-order valence-corrected chi connectivity index (χ3v) is 13.0. The molecule has 0 spiro atoms. The summed E-state index contributed by atoms with van der Waals surface area (Å²) >= 11 is 0. The van der Waals surface area contributed by atoms with E-state index in [1.165, 1.54) is 212 Å². The zero-order valence-electron chi connectivity index (χ0n) is 43.8. The second-order valence-electron chi connectivity index (χ2n) is 19.6. The van der Waals surface area contributed by atoms with E-state index in [0.717, 1.165) is 64.2 Å². The van der Waals surface area contributed by atoms with Gasteiger partial charge in [0.1, 0.15) is 13.2 Å². The largest absolute Gasteiger partial charge is 0.462 e. The van der Waals surface area contributed by atoms with Crippen molar-refractivity contribution >= 4 is 17.9 Å². The SMILES string of the molecule is CCCCC/C=C\C=C/CCCCCCCCC(=O)OC(COC(=O)CCCCCCCCCCCCCCC)COC(=O)CCCCCCCCCCCCCCCCCCCCC. The van der Waals surface area contributed by atoms with Crippen LogP contribution in [-0.4, -0.2) is 37.2 Å². The van der Waals surface area contributed by atoms with Crippen LogP contribution < -0.4 is 0 Å². The highest BCUT2D eigenvalue weighted by atomic mass is 16.6. The molecule has 6 nitrogen and oxygen atoms in total. The molecule has 0 fully saturated rings. The zero-order valence-corrected chi connectivity index (χ0v) is 43.8. The highest BCUT2D eigenvalue weighted by Gasteiger charge is 2.19. The Morgan fingerprint density at radius 1 is 0.308 bits per heavy atom. The molecule has 0 amide bonds. The molecule has 0 bridgehead atoms. The summed E-state index contributed by atoms with van der Waals surface area (Å²) in [5.74, 6) is -0.861. The molecule has 0 aromatic rings. The summed E-state index contributed by atoms with van der Waals surface area (Å²) < 4.78 is 16.9. The molecule has 6 heteroatoms. The predicted octanol–water partition coefficient (Wildman–Crippen LogP) is 19.1. The summed E-state index contributed by atoms with van der Waals surface area (Å²) in [6.07, 6.45) is 63.1. The van der Waals surface area contributed by atoms with Crippen molar-refractivity contribution in [2.75, 3.05) is 13.2 Å². The van der Waals surface area contributed by atoms with Gasteiger partial charge in [-0.05, 0) is 44.9 Å². The lowest BCUT2D eigenvalue weighted by atomic mass is 10.0. The van der Waals surface area contributed by atoms with E-state index in [2.05, 4.69) is 45.1 Å². The highest BCUT2D eigenvalue weighted by Crippen LogP contribution is 2.17. The smallest absolute Gasteiger partial charge is 0.306 e. The van der Waals surface area contributed by atoms with Crippen molar-refractivity contribution in [1.82, 2.24) is 0 Å². The Bertz CT molecular complexity index is 1050. The fraction of sp³-hybridized carbons (Fsp3) is 0.881. The lowest BCUT2D eigenvalue weighted by Gasteiger charge is -2.18. The Hall–Kier alpha value is -2.11. The second kappa shape index (κ2) is 54.5. The third kappa shape index (κ3) is 52.7. The summed E-state index contributed by atoms with van der Waals surface area (Å²) in [7, 11) is 0. The molecule has 0 saturated carbocycles. The van der Waals surface area contributed by atoms with Crippen LogP contribution in [0.25, 0.3) is 0 Å². The number of hydrogen-bond acceptors (Lipinski definition) is 6. The van der Waals surface area contributed by atoms with Crippen LogP contribution in [0.5, 0.6) is 0 Å². The molecule has 0 N–H and O–H groups in total. The monoisotopic (exact) mass is 915 g/mol. The number of esters is 3. The fourth-order valence-corrected chi connectivity index (χ4v) is 8.61. The number of allylic oxidation sites excluding steroid dienone is 4. The van der Waals surface area contributed by atoms with Crippen molar-refractivity contribution in [3.8, 4) is 0 Å². The maximum absolute atomic E-state index is 12.8. The van der Waals surface area contributed by atoms with Gasteiger partial charge in [0.25, 0.3) is 0 Å². The average molecular weight is 916 g/mol. The van der Waals surface area contributed by atoms with Crippen molar-refractivity contribution in [3.63, 3.8) is 0 Å². The Morgan fingerprint density at radius 3 is 0.846 bits per heavy atom. The average Bonchev–Trinajstić information content (AvgIpc) is 3.30. The Labute approximate surface area is 404 Å². The van der Waals surface area contributed by atoms with Crippen molar-refractivity contribution in [2.24, 2.45) is 0 Å². The number of carbonyl (C=O) groups excluding carboxylic acids is 3. The maximum atomic E-state index is 12.8. The molecular formula is C59H110O6. The van der Waals surface area contributed by atoms with Gasteiger partial charge in [0, 0.05) is 19.3 Å². The van der Waals surface area contributed by atoms with Gasteiger partial charge in [-0.15, -0.1) is 0 Å². The first kappa shape index (κ1) is 62.9. The minimum atomic E-state index is -0.772. The summed E-state index contributed by atoms with van der Waals surface area (Å²) in [5, 5.41) is 0. The van der Waals surface area contributed by atoms with E-state index in [0.29, 0.717) is 19.3 Å². The summed E-state index contributed by atoms with van der Waals surface area (Å²) in [5.41, 5.74) is 0. The predicted molar refractivity (Wildman–Crippen MR) is 279 cm³/mol. The van der Waals surface area contributed by atoms with Gasteiger partial charge in [0.2, 0.25) is 0 Å². The molecule has 0 aliphatic carbocycles. The van der Waals surface area contributed by atoms with Crippen LogP contribution in [-0.2, 0) is 28.6 Å². The van der Waals surface area contributed by atoms with E-state index < -0.39 is 6.10 Å². The number of unbranched alkanes of at least 4 members (excludes halogenated alkanes) is 39. The Morgan fingerprint density at radius 2 is 0.538 bits per heavy atom. The molecule has 0 saturated heterocycles. The summed E-state index contributed by atoms with van der Waals surface area (Å²) in [6, 6.07) is 0. The lowest BCUT2D eigenvalue weighted by Crippen LogP contribution is -2.30. The quantitative estimate of drug-likeness (QED) is 0.0262. The molecule has 65 heavy (non-hydrogen) atoms. The first-order valence-electron chi connectivity index (χ1n) is 28.9. The first-order chi connectivity index (χ1) is 32.0. The van der Waals surface area contributed by atoms with Gasteiger partial charge in [-0.2, -0.15) is 0 Å². The minimum absolute atomic E-state index is 0.0706. The van der Waals surface area contributed by atoms with Crippen LogP contribution in [0.2, 0.25) is 0 Å². The van der Waals surface area contributed by atoms with Crippen LogP contribution >= 0.6 is 0 Å². The Balaban J connectivity index is 4.31. The first-order valence-corrected chi connectivity index (χ1v) is 28.9. The highest BCUT2D eigenvalue weighted by molar-refractivity contribution is 5.71. The maximum Gasteiger partial charge on any atom is 0.306 e. The van der Waals surface area contributed by atoms with Crippen LogP contribution in [0.1, 0.15) is 316 Å². The van der Waals surface area contributed by atoms with Crippen molar-refractivity contribution in [2.45, 2.75) is 322 Å². The summed E-state index contributed by atoms with van der Waals surface area (Å²) in [4.78, 5) is 38.1. The molecular weight excluding hydrogens is 805 g/mol. The van der Waals surface area contributed by atoms with E-state index in [1.54, 1.807) is 0 Å². The standard InChI is InChI=1S/C59H110O6/c1-4-7-10-13-16-19-22-25-27-28-29-30-32-34-37-40-43-46-49-52-58(61)64-55-56(54-63-57(60)51-48-45-42-39-36-33-24-21-18-15-12-9-6-3)65-59(62)53-50-47-44-41-38-35-31-26-23-20-17-14-11-8-5-2/h17,20,23,26,56H,4-16,18-19,21-22,24-25,27-55H2,1-3H3/b20-17-,26-23-. The molecule has 0 heterocycles.